The van der Waals surface area contributed by atoms with E-state index in [9.17, 15) is 10.1 Å². The van der Waals surface area contributed by atoms with Gasteiger partial charge in [-0.3, -0.25) is 10.1 Å². The van der Waals surface area contributed by atoms with Gasteiger partial charge in [-0.05, 0) is 12.1 Å². The van der Waals surface area contributed by atoms with Crippen LogP contribution >= 0.6 is 0 Å². The molecule has 0 unspecified atom stereocenters. The number of hydrogen-bond donors (Lipinski definition) is 1. The van der Waals surface area contributed by atoms with Crippen molar-refractivity contribution in [3.05, 3.63) is 53.0 Å². The molecular weight excluding hydrogens is 290 g/mol. The molecule has 0 saturated heterocycles. The second kappa shape index (κ2) is 5.44. The van der Waals surface area contributed by atoms with Gasteiger partial charge in [0.05, 0.1) is 23.0 Å². The number of aromatic nitrogens is 5. The van der Waals surface area contributed by atoms with Gasteiger partial charge < -0.3 is 10.5 Å². The minimum atomic E-state index is -0.662. The van der Waals surface area contributed by atoms with E-state index in [2.05, 4.69) is 20.3 Å². The molecule has 2 N–H and O–H groups in total. The maximum Gasteiger partial charge on any atom is 0.329 e. The van der Waals surface area contributed by atoms with Crippen LogP contribution in [0.15, 0.2) is 42.9 Å². The van der Waals surface area contributed by atoms with E-state index in [-0.39, 0.29) is 17.5 Å². The molecule has 2 heterocycles. The second-order valence-electron chi connectivity index (χ2n) is 4.13. The van der Waals surface area contributed by atoms with Crippen molar-refractivity contribution in [3.63, 3.8) is 0 Å². The monoisotopic (exact) mass is 299 g/mol. The summed E-state index contributed by atoms with van der Waals surface area (Å²) >= 11 is 0. The fourth-order valence-corrected chi connectivity index (χ4v) is 1.70. The lowest BCUT2D eigenvalue weighted by molar-refractivity contribution is -0.384. The van der Waals surface area contributed by atoms with Crippen molar-refractivity contribution in [1.82, 2.24) is 25.0 Å². The molecule has 10 heteroatoms. The summed E-state index contributed by atoms with van der Waals surface area (Å²) in [6.07, 6.45) is 4.23. The lowest BCUT2D eigenvalue weighted by Gasteiger charge is -2.06. The molecule has 0 aliphatic carbocycles. The van der Waals surface area contributed by atoms with Crippen molar-refractivity contribution in [2.45, 2.75) is 0 Å². The summed E-state index contributed by atoms with van der Waals surface area (Å²) in [6.45, 7) is 0. The molecule has 3 aromatic rings. The molecule has 0 spiro atoms. The SMILES string of the molecule is Nc1nc(Oc2cccc(-n3ccnn3)c2)ncc1[N+](=O)[O-]. The number of nitrogen functional groups attached to an aromatic ring is 1. The Labute approximate surface area is 123 Å². The summed E-state index contributed by atoms with van der Waals surface area (Å²) in [5.41, 5.74) is 5.84. The maximum absolute atomic E-state index is 10.7. The molecule has 1 aromatic carbocycles. The molecule has 110 valence electrons. The zero-order chi connectivity index (χ0) is 15.5. The average molecular weight is 299 g/mol. The summed E-state index contributed by atoms with van der Waals surface area (Å²) in [7, 11) is 0. The standard InChI is InChI=1S/C12H9N7O3/c13-11-10(19(20)21)7-14-12(16-11)22-9-3-1-2-8(6-9)18-5-4-15-17-18/h1-7H,(H2,13,14,16). The molecule has 0 amide bonds. The Morgan fingerprint density at radius 3 is 2.91 bits per heavy atom. The maximum atomic E-state index is 10.7. The smallest absolute Gasteiger partial charge is 0.329 e. The van der Waals surface area contributed by atoms with Crippen molar-refractivity contribution in [2.24, 2.45) is 0 Å². The minimum Gasteiger partial charge on any atom is -0.424 e. The van der Waals surface area contributed by atoms with Crippen LogP contribution in [0.1, 0.15) is 0 Å². The quantitative estimate of drug-likeness (QED) is 0.563. The Morgan fingerprint density at radius 2 is 2.23 bits per heavy atom. The highest BCUT2D eigenvalue weighted by Gasteiger charge is 2.15. The Kier molecular flexibility index (Phi) is 3.32. The third kappa shape index (κ3) is 2.65. The third-order valence-corrected chi connectivity index (χ3v) is 2.69. The molecular formula is C12H9N7O3. The van der Waals surface area contributed by atoms with Gasteiger partial charge >= 0.3 is 11.7 Å². The van der Waals surface area contributed by atoms with Gasteiger partial charge in [0.1, 0.15) is 11.9 Å². The summed E-state index contributed by atoms with van der Waals surface area (Å²) in [5.74, 6) is 0.170. The van der Waals surface area contributed by atoms with E-state index >= 15 is 0 Å². The number of ether oxygens (including phenoxy) is 1. The van der Waals surface area contributed by atoms with Gasteiger partial charge in [-0.1, -0.05) is 11.3 Å². The minimum absolute atomic E-state index is 0.0844. The van der Waals surface area contributed by atoms with Gasteiger partial charge in [-0.15, -0.1) is 5.10 Å². The fourth-order valence-electron chi connectivity index (χ4n) is 1.70. The van der Waals surface area contributed by atoms with Gasteiger partial charge in [-0.25, -0.2) is 4.68 Å². The van der Waals surface area contributed by atoms with Crippen LogP contribution in [-0.4, -0.2) is 29.9 Å². The van der Waals surface area contributed by atoms with Crippen molar-refractivity contribution in [2.75, 3.05) is 5.73 Å². The van der Waals surface area contributed by atoms with Crippen LogP contribution in [0.4, 0.5) is 11.5 Å². The van der Waals surface area contributed by atoms with Crippen molar-refractivity contribution >= 4 is 11.5 Å². The molecule has 2 aromatic heterocycles. The molecule has 0 bridgehead atoms. The Morgan fingerprint density at radius 1 is 1.36 bits per heavy atom. The molecule has 0 radical (unpaired) electrons. The molecule has 22 heavy (non-hydrogen) atoms. The number of hydrogen-bond acceptors (Lipinski definition) is 8. The lowest BCUT2D eigenvalue weighted by atomic mass is 10.3. The highest BCUT2D eigenvalue weighted by Crippen LogP contribution is 2.24. The first-order valence-corrected chi connectivity index (χ1v) is 6.05. The lowest BCUT2D eigenvalue weighted by Crippen LogP contribution is -2.02. The fraction of sp³-hybridized carbons (Fsp3) is 0. The summed E-state index contributed by atoms with van der Waals surface area (Å²) in [4.78, 5) is 17.5. The predicted octanol–water partition coefficient (Wildman–Crippen LogP) is 1.34. The van der Waals surface area contributed by atoms with Crippen LogP contribution in [0.25, 0.3) is 5.69 Å². The summed E-state index contributed by atoms with van der Waals surface area (Å²) in [5, 5.41) is 18.2. The van der Waals surface area contributed by atoms with E-state index in [0.717, 1.165) is 11.9 Å². The van der Waals surface area contributed by atoms with Crippen molar-refractivity contribution < 1.29 is 9.66 Å². The van der Waals surface area contributed by atoms with E-state index < -0.39 is 4.92 Å². The number of nitro groups is 1. The van der Waals surface area contributed by atoms with Gasteiger partial charge in [0.15, 0.2) is 0 Å². The highest BCUT2D eigenvalue weighted by atomic mass is 16.6. The molecule has 3 rings (SSSR count). The first kappa shape index (κ1) is 13.4. The number of nitrogens with zero attached hydrogens (tertiary/aromatic N) is 6. The second-order valence-corrected chi connectivity index (χ2v) is 4.13. The molecule has 0 fully saturated rings. The van der Waals surface area contributed by atoms with Gasteiger partial charge in [0, 0.05) is 6.07 Å². The molecule has 0 aliphatic heterocycles. The summed E-state index contributed by atoms with van der Waals surface area (Å²) in [6, 6.07) is 6.85. The molecule has 0 aliphatic rings. The van der Waals surface area contributed by atoms with Crippen molar-refractivity contribution in [3.8, 4) is 17.4 Å². The van der Waals surface area contributed by atoms with Gasteiger partial charge in [0.2, 0.25) is 5.82 Å². The topological polar surface area (TPSA) is 135 Å². The normalized spacial score (nSPS) is 10.4. The van der Waals surface area contributed by atoms with E-state index in [1.165, 1.54) is 0 Å². The van der Waals surface area contributed by atoms with Crippen LogP contribution < -0.4 is 10.5 Å². The molecule has 0 atom stereocenters. The third-order valence-electron chi connectivity index (χ3n) is 2.69. The van der Waals surface area contributed by atoms with Crippen LogP contribution in [0.3, 0.4) is 0 Å². The van der Waals surface area contributed by atoms with E-state index in [1.807, 2.05) is 6.07 Å². The number of rotatable bonds is 4. The van der Waals surface area contributed by atoms with E-state index in [0.29, 0.717) is 5.75 Å². The largest absolute Gasteiger partial charge is 0.424 e. The van der Waals surface area contributed by atoms with Crippen LogP contribution in [0, 0.1) is 10.1 Å². The average Bonchev–Trinajstić information content (AvgIpc) is 3.01. The summed E-state index contributed by atoms with van der Waals surface area (Å²) < 4.78 is 7.00. The Hall–Kier alpha value is -3.56. The molecule has 0 saturated carbocycles. The molecule has 10 nitrogen and oxygen atoms in total. The van der Waals surface area contributed by atoms with Crippen LogP contribution in [0.2, 0.25) is 0 Å². The Balaban J connectivity index is 1.86. The van der Waals surface area contributed by atoms with Gasteiger partial charge in [-0.2, -0.15) is 9.97 Å². The number of anilines is 1. The van der Waals surface area contributed by atoms with E-state index in [4.69, 9.17) is 10.5 Å². The van der Waals surface area contributed by atoms with Crippen LogP contribution in [-0.2, 0) is 0 Å². The number of nitrogens with two attached hydrogens (primary N) is 1. The first-order valence-electron chi connectivity index (χ1n) is 6.05. The van der Waals surface area contributed by atoms with Gasteiger partial charge in [0.25, 0.3) is 0 Å². The van der Waals surface area contributed by atoms with E-state index in [1.54, 1.807) is 35.3 Å². The van der Waals surface area contributed by atoms with Crippen molar-refractivity contribution in [1.29, 1.82) is 0 Å². The zero-order valence-electron chi connectivity index (χ0n) is 11.0. The first-order chi connectivity index (χ1) is 10.6. The zero-order valence-corrected chi connectivity index (χ0v) is 11.0. The highest BCUT2D eigenvalue weighted by molar-refractivity contribution is 5.51. The van der Waals surface area contributed by atoms with Crippen LogP contribution in [0.5, 0.6) is 11.8 Å². The number of benzene rings is 1. The predicted molar refractivity (Wildman–Crippen MR) is 74.5 cm³/mol. The Bertz CT molecular complexity index is 819.